The zero-order valence-corrected chi connectivity index (χ0v) is 11.9. The molecule has 1 atom stereocenters. The van der Waals surface area contributed by atoms with Gasteiger partial charge in [0.15, 0.2) is 0 Å². The summed E-state index contributed by atoms with van der Waals surface area (Å²) in [5.74, 6) is 0.640. The van der Waals surface area contributed by atoms with Crippen LogP contribution in [0, 0.1) is 12.8 Å². The molecule has 1 aromatic rings. The van der Waals surface area contributed by atoms with Crippen LogP contribution in [0.5, 0.6) is 0 Å². The standard InChI is InChI=1S/C11H17BrN2S/c1-6(2)8(4)15-11-10(12)7(3)9(13)5-14-11/h5-6,8H,13H2,1-4H3. The number of nitrogens with two attached hydrogens (primary N) is 1. The number of anilines is 1. The summed E-state index contributed by atoms with van der Waals surface area (Å²) in [5.41, 5.74) is 7.59. The molecule has 0 saturated carbocycles. The van der Waals surface area contributed by atoms with Crippen molar-refractivity contribution in [1.82, 2.24) is 4.98 Å². The van der Waals surface area contributed by atoms with E-state index in [-0.39, 0.29) is 0 Å². The van der Waals surface area contributed by atoms with Gasteiger partial charge in [-0.15, -0.1) is 11.8 Å². The molecule has 4 heteroatoms. The number of pyridine rings is 1. The summed E-state index contributed by atoms with van der Waals surface area (Å²) < 4.78 is 1.03. The maximum absolute atomic E-state index is 5.78. The molecule has 1 rings (SSSR count). The van der Waals surface area contributed by atoms with Crippen LogP contribution in [-0.4, -0.2) is 10.2 Å². The first-order valence-electron chi connectivity index (χ1n) is 5.00. The third-order valence-corrected chi connectivity index (χ3v) is 5.19. The van der Waals surface area contributed by atoms with E-state index in [2.05, 4.69) is 41.7 Å². The Hall–Kier alpha value is -0.220. The van der Waals surface area contributed by atoms with Crippen LogP contribution in [0.2, 0.25) is 0 Å². The van der Waals surface area contributed by atoms with Crippen molar-refractivity contribution in [1.29, 1.82) is 0 Å². The van der Waals surface area contributed by atoms with Gasteiger partial charge in [0, 0.05) is 5.25 Å². The van der Waals surface area contributed by atoms with E-state index < -0.39 is 0 Å². The largest absolute Gasteiger partial charge is 0.397 e. The minimum Gasteiger partial charge on any atom is -0.397 e. The fraction of sp³-hybridized carbons (Fsp3) is 0.545. The summed E-state index contributed by atoms with van der Waals surface area (Å²) in [7, 11) is 0. The molecule has 0 fully saturated rings. The van der Waals surface area contributed by atoms with Gasteiger partial charge < -0.3 is 5.73 Å². The molecule has 0 amide bonds. The summed E-state index contributed by atoms with van der Waals surface area (Å²) in [6.07, 6.45) is 1.73. The van der Waals surface area contributed by atoms with Crippen molar-refractivity contribution < 1.29 is 0 Å². The molecule has 2 N–H and O–H groups in total. The van der Waals surface area contributed by atoms with Gasteiger partial charge in [0.05, 0.1) is 16.4 Å². The molecule has 0 aliphatic rings. The second kappa shape index (κ2) is 5.21. The van der Waals surface area contributed by atoms with E-state index in [0.29, 0.717) is 11.2 Å². The molecule has 84 valence electrons. The number of halogens is 1. The Balaban J connectivity index is 2.92. The normalized spacial score (nSPS) is 13.2. The molecule has 1 aromatic heterocycles. The van der Waals surface area contributed by atoms with Gasteiger partial charge in [-0.3, -0.25) is 0 Å². The van der Waals surface area contributed by atoms with Gasteiger partial charge >= 0.3 is 0 Å². The van der Waals surface area contributed by atoms with Crippen molar-refractivity contribution >= 4 is 33.4 Å². The Labute approximate surface area is 104 Å². The molecular weight excluding hydrogens is 272 g/mol. The van der Waals surface area contributed by atoms with Gasteiger partial charge in [0.1, 0.15) is 5.03 Å². The number of rotatable bonds is 3. The number of aromatic nitrogens is 1. The van der Waals surface area contributed by atoms with Gasteiger partial charge in [0.25, 0.3) is 0 Å². The average molecular weight is 289 g/mol. The molecule has 1 heterocycles. The van der Waals surface area contributed by atoms with E-state index >= 15 is 0 Å². The molecule has 0 saturated heterocycles. The SMILES string of the molecule is Cc1c(N)cnc(SC(C)C(C)C)c1Br. The Bertz CT molecular complexity index is 353. The fourth-order valence-electron chi connectivity index (χ4n) is 0.963. The second-order valence-electron chi connectivity index (χ2n) is 4.02. The summed E-state index contributed by atoms with van der Waals surface area (Å²) in [6.45, 7) is 8.66. The highest BCUT2D eigenvalue weighted by Crippen LogP contribution is 2.34. The summed E-state index contributed by atoms with van der Waals surface area (Å²) >= 11 is 5.33. The molecule has 0 bridgehead atoms. The average Bonchev–Trinajstić information content (AvgIpc) is 2.18. The monoisotopic (exact) mass is 288 g/mol. The molecule has 1 unspecified atom stereocenters. The van der Waals surface area contributed by atoms with E-state index in [0.717, 1.165) is 20.7 Å². The van der Waals surface area contributed by atoms with Crippen molar-refractivity contribution in [2.75, 3.05) is 5.73 Å². The number of thioether (sulfide) groups is 1. The lowest BCUT2D eigenvalue weighted by Crippen LogP contribution is -2.06. The quantitative estimate of drug-likeness (QED) is 0.858. The van der Waals surface area contributed by atoms with E-state index in [9.17, 15) is 0 Å². The lowest BCUT2D eigenvalue weighted by molar-refractivity contribution is 0.641. The Morgan fingerprint density at radius 2 is 2.00 bits per heavy atom. The van der Waals surface area contributed by atoms with Crippen LogP contribution in [0.25, 0.3) is 0 Å². The third kappa shape index (κ3) is 3.11. The zero-order chi connectivity index (χ0) is 11.6. The number of hydrogen-bond acceptors (Lipinski definition) is 3. The first-order valence-corrected chi connectivity index (χ1v) is 6.68. The lowest BCUT2D eigenvalue weighted by atomic mass is 10.2. The van der Waals surface area contributed by atoms with Crippen LogP contribution in [0.4, 0.5) is 5.69 Å². The van der Waals surface area contributed by atoms with Crippen molar-refractivity contribution in [3.8, 4) is 0 Å². The highest BCUT2D eigenvalue weighted by molar-refractivity contribution is 9.10. The second-order valence-corrected chi connectivity index (χ2v) is 6.18. The van der Waals surface area contributed by atoms with Crippen LogP contribution in [0.15, 0.2) is 15.7 Å². The smallest absolute Gasteiger partial charge is 0.111 e. The highest BCUT2D eigenvalue weighted by atomic mass is 79.9. The molecule has 0 aromatic carbocycles. The van der Waals surface area contributed by atoms with Crippen LogP contribution in [-0.2, 0) is 0 Å². The Morgan fingerprint density at radius 3 is 2.53 bits per heavy atom. The van der Waals surface area contributed by atoms with Gasteiger partial charge in [0.2, 0.25) is 0 Å². The van der Waals surface area contributed by atoms with Crippen molar-refractivity contribution in [3.05, 3.63) is 16.2 Å². The van der Waals surface area contributed by atoms with Gasteiger partial charge in [-0.1, -0.05) is 20.8 Å². The number of nitrogens with zero attached hydrogens (tertiary/aromatic N) is 1. The van der Waals surface area contributed by atoms with Crippen LogP contribution < -0.4 is 5.73 Å². The lowest BCUT2D eigenvalue weighted by Gasteiger charge is -2.16. The first kappa shape index (κ1) is 12.8. The van der Waals surface area contributed by atoms with Gasteiger partial charge in [-0.05, 0) is 34.3 Å². The summed E-state index contributed by atoms with van der Waals surface area (Å²) in [4.78, 5) is 4.35. The van der Waals surface area contributed by atoms with Crippen molar-refractivity contribution in [3.63, 3.8) is 0 Å². The molecule has 0 aliphatic heterocycles. The molecule has 0 radical (unpaired) electrons. The van der Waals surface area contributed by atoms with E-state index in [1.165, 1.54) is 0 Å². The minimum absolute atomic E-state index is 0.553. The summed E-state index contributed by atoms with van der Waals surface area (Å²) in [6, 6.07) is 0. The molecule has 0 aliphatic carbocycles. The maximum Gasteiger partial charge on any atom is 0.111 e. The van der Waals surface area contributed by atoms with Gasteiger partial charge in [-0.25, -0.2) is 4.98 Å². The van der Waals surface area contributed by atoms with Crippen LogP contribution >= 0.6 is 27.7 Å². The molecule has 15 heavy (non-hydrogen) atoms. The zero-order valence-electron chi connectivity index (χ0n) is 9.54. The fourth-order valence-corrected chi connectivity index (χ4v) is 2.57. The van der Waals surface area contributed by atoms with Crippen molar-refractivity contribution in [2.45, 2.75) is 38.0 Å². The molecular formula is C11H17BrN2S. The molecule has 2 nitrogen and oxygen atoms in total. The third-order valence-electron chi connectivity index (χ3n) is 2.51. The predicted octanol–water partition coefficient (Wildman–Crippen LogP) is 3.87. The van der Waals surface area contributed by atoms with E-state index in [1.54, 1.807) is 18.0 Å². The number of nitrogen functional groups attached to an aromatic ring is 1. The highest BCUT2D eigenvalue weighted by Gasteiger charge is 2.14. The predicted molar refractivity (Wildman–Crippen MR) is 71.2 cm³/mol. The van der Waals surface area contributed by atoms with Crippen LogP contribution in [0.1, 0.15) is 26.3 Å². The van der Waals surface area contributed by atoms with Crippen molar-refractivity contribution in [2.24, 2.45) is 5.92 Å². The van der Waals surface area contributed by atoms with E-state index in [4.69, 9.17) is 5.73 Å². The maximum atomic E-state index is 5.78. The number of hydrogen-bond donors (Lipinski definition) is 1. The topological polar surface area (TPSA) is 38.9 Å². The van der Waals surface area contributed by atoms with Gasteiger partial charge in [-0.2, -0.15) is 0 Å². The Morgan fingerprint density at radius 1 is 1.40 bits per heavy atom. The molecule has 0 spiro atoms. The van der Waals surface area contributed by atoms with Crippen LogP contribution in [0.3, 0.4) is 0 Å². The Kier molecular flexibility index (Phi) is 4.46. The summed E-state index contributed by atoms with van der Waals surface area (Å²) in [5, 5.41) is 1.58. The van der Waals surface area contributed by atoms with E-state index in [1.807, 2.05) is 6.92 Å². The first-order chi connectivity index (χ1) is 6.93. The minimum atomic E-state index is 0.553.